The lowest BCUT2D eigenvalue weighted by atomic mass is 9.83. The second-order valence-corrected chi connectivity index (χ2v) is 8.55. The van der Waals surface area contributed by atoms with Gasteiger partial charge < -0.3 is 4.74 Å². The van der Waals surface area contributed by atoms with Crippen LogP contribution in [0.1, 0.15) is 94.6 Å². The Morgan fingerprint density at radius 1 is 0.867 bits per heavy atom. The minimum absolute atomic E-state index is 0.627. The number of ether oxygens (including phenoxy) is 1. The van der Waals surface area contributed by atoms with Crippen LogP contribution in [-0.4, -0.2) is 6.61 Å². The molecule has 0 heterocycles. The summed E-state index contributed by atoms with van der Waals surface area (Å²) in [5, 5.41) is 9.59. The largest absolute Gasteiger partial charge is 0.492 e. The van der Waals surface area contributed by atoms with Crippen LogP contribution in [0.25, 0.3) is 11.1 Å². The van der Waals surface area contributed by atoms with Gasteiger partial charge in [0, 0.05) is 0 Å². The Morgan fingerprint density at radius 2 is 1.53 bits per heavy atom. The van der Waals surface area contributed by atoms with E-state index < -0.39 is 0 Å². The maximum absolute atomic E-state index is 9.59. The van der Waals surface area contributed by atoms with Crippen molar-refractivity contribution in [1.82, 2.24) is 0 Å². The third kappa shape index (κ3) is 6.63. The van der Waals surface area contributed by atoms with Crippen LogP contribution in [0.15, 0.2) is 42.5 Å². The van der Waals surface area contributed by atoms with E-state index in [-0.39, 0.29) is 0 Å². The van der Waals surface area contributed by atoms with E-state index in [1.807, 2.05) is 12.1 Å². The molecule has 0 spiro atoms. The Bertz CT molecular complexity index is 796. The molecule has 1 aliphatic rings. The average Bonchev–Trinajstić information content (AvgIpc) is 2.81. The Morgan fingerprint density at radius 3 is 2.23 bits per heavy atom. The molecular weight excluding hydrogens is 366 g/mol. The van der Waals surface area contributed by atoms with Crippen molar-refractivity contribution in [2.45, 2.75) is 83.5 Å². The molecule has 0 unspecified atom stereocenters. The summed E-state index contributed by atoms with van der Waals surface area (Å²) in [6.45, 7) is 2.94. The van der Waals surface area contributed by atoms with Crippen LogP contribution >= 0.6 is 0 Å². The molecule has 30 heavy (non-hydrogen) atoms. The topological polar surface area (TPSA) is 33.0 Å². The maximum atomic E-state index is 9.59. The molecule has 0 N–H and O–H groups in total. The molecule has 1 saturated carbocycles. The van der Waals surface area contributed by atoms with Gasteiger partial charge in [0.1, 0.15) is 11.8 Å². The normalized spacial score (nSPS) is 14.4. The second kappa shape index (κ2) is 12.4. The first kappa shape index (κ1) is 22.4. The molecule has 0 amide bonds. The molecule has 1 radical (unpaired) electrons. The van der Waals surface area contributed by atoms with Crippen molar-refractivity contribution in [1.29, 1.82) is 5.26 Å². The molecule has 0 bridgehead atoms. The van der Waals surface area contributed by atoms with E-state index in [1.165, 1.54) is 69.8 Å². The summed E-state index contributed by atoms with van der Waals surface area (Å²) in [5.74, 6) is 1.41. The quantitative estimate of drug-likeness (QED) is 0.355. The van der Waals surface area contributed by atoms with Crippen LogP contribution < -0.4 is 4.74 Å². The third-order valence-electron chi connectivity index (χ3n) is 6.26. The molecule has 0 saturated heterocycles. The minimum atomic E-state index is 0.627. The molecular formula is C28H36NO. The SMILES string of the molecule is CCCCCCCCCOc1ccc(-c2ccc(C3CC[CH]CC3)cc2)cc1C#N. The van der Waals surface area contributed by atoms with E-state index in [0.29, 0.717) is 23.8 Å². The van der Waals surface area contributed by atoms with Crippen molar-refractivity contribution >= 4 is 0 Å². The summed E-state index contributed by atoms with van der Waals surface area (Å²) in [6.07, 6.45) is 16.3. The van der Waals surface area contributed by atoms with E-state index in [1.54, 1.807) is 0 Å². The first-order chi connectivity index (χ1) is 14.8. The lowest BCUT2D eigenvalue weighted by Crippen LogP contribution is -2.04. The monoisotopic (exact) mass is 402 g/mol. The van der Waals surface area contributed by atoms with Crippen molar-refractivity contribution in [3.8, 4) is 22.9 Å². The molecule has 159 valence electrons. The highest BCUT2D eigenvalue weighted by atomic mass is 16.5. The summed E-state index contributed by atoms with van der Waals surface area (Å²) >= 11 is 0. The van der Waals surface area contributed by atoms with Crippen molar-refractivity contribution < 1.29 is 4.74 Å². The fraction of sp³-hybridized carbons (Fsp3) is 0.500. The fourth-order valence-electron chi connectivity index (χ4n) is 4.37. The van der Waals surface area contributed by atoms with Crippen molar-refractivity contribution in [2.24, 2.45) is 0 Å². The lowest BCUT2D eigenvalue weighted by molar-refractivity contribution is 0.303. The van der Waals surface area contributed by atoms with Crippen molar-refractivity contribution in [3.05, 3.63) is 60.0 Å². The highest BCUT2D eigenvalue weighted by Gasteiger charge is 2.15. The minimum Gasteiger partial charge on any atom is -0.492 e. The molecule has 2 aromatic rings. The van der Waals surface area contributed by atoms with Gasteiger partial charge in [-0.15, -0.1) is 0 Å². The first-order valence-corrected chi connectivity index (χ1v) is 11.9. The number of nitrogens with zero attached hydrogens (tertiary/aromatic N) is 1. The van der Waals surface area contributed by atoms with E-state index in [4.69, 9.17) is 4.74 Å². The molecule has 0 atom stereocenters. The zero-order valence-corrected chi connectivity index (χ0v) is 18.5. The van der Waals surface area contributed by atoms with Gasteiger partial charge in [0.2, 0.25) is 0 Å². The van der Waals surface area contributed by atoms with Gasteiger partial charge >= 0.3 is 0 Å². The number of hydrogen-bond donors (Lipinski definition) is 0. The fourth-order valence-corrected chi connectivity index (χ4v) is 4.37. The van der Waals surface area contributed by atoms with Gasteiger partial charge in [0.15, 0.2) is 0 Å². The summed E-state index contributed by atoms with van der Waals surface area (Å²) in [6, 6.07) is 17.2. The summed E-state index contributed by atoms with van der Waals surface area (Å²) < 4.78 is 5.92. The summed E-state index contributed by atoms with van der Waals surface area (Å²) in [7, 11) is 0. The third-order valence-corrected chi connectivity index (χ3v) is 6.26. The van der Waals surface area contributed by atoms with Crippen molar-refractivity contribution in [2.75, 3.05) is 6.61 Å². The molecule has 0 aromatic heterocycles. The summed E-state index contributed by atoms with van der Waals surface area (Å²) in [4.78, 5) is 0. The Balaban J connectivity index is 1.53. The van der Waals surface area contributed by atoms with E-state index >= 15 is 0 Å². The number of nitriles is 1. The van der Waals surface area contributed by atoms with Crippen LogP contribution in [0.5, 0.6) is 5.75 Å². The highest BCUT2D eigenvalue weighted by molar-refractivity contribution is 5.67. The number of benzene rings is 2. The standard InChI is InChI=1S/C28H36NO/c1-2-3-4-5-6-7-11-20-30-28-19-18-26(21-27(28)22-29)25-16-14-24(15-17-25)23-12-9-8-10-13-23/h8,14-19,21,23H,2-7,9-13,20H2,1H3. The smallest absolute Gasteiger partial charge is 0.137 e. The number of rotatable bonds is 11. The first-order valence-electron chi connectivity index (χ1n) is 11.9. The Kier molecular flexibility index (Phi) is 9.29. The van der Waals surface area contributed by atoms with E-state index in [0.717, 1.165) is 17.5 Å². The molecule has 2 aromatic carbocycles. The van der Waals surface area contributed by atoms with Gasteiger partial charge in [-0.3, -0.25) is 0 Å². The lowest BCUT2D eigenvalue weighted by Gasteiger charge is -2.22. The zero-order chi connectivity index (χ0) is 21.0. The van der Waals surface area contributed by atoms with E-state index in [2.05, 4.69) is 49.7 Å². The van der Waals surface area contributed by atoms with Gasteiger partial charge in [-0.2, -0.15) is 5.26 Å². The highest BCUT2D eigenvalue weighted by Crippen LogP contribution is 2.34. The van der Waals surface area contributed by atoms with Gasteiger partial charge in [0.25, 0.3) is 0 Å². The molecule has 1 aliphatic carbocycles. The molecule has 1 fully saturated rings. The average molecular weight is 403 g/mol. The van der Waals surface area contributed by atoms with Crippen LogP contribution in [0, 0.1) is 17.8 Å². The van der Waals surface area contributed by atoms with Crippen LogP contribution in [0.2, 0.25) is 0 Å². The molecule has 3 rings (SSSR count). The number of unbranched alkanes of at least 4 members (excludes halogenated alkanes) is 6. The van der Waals surface area contributed by atoms with Crippen LogP contribution in [-0.2, 0) is 0 Å². The van der Waals surface area contributed by atoms with Gasteiger partial charge in [0.05, 0.1) is 12.2 Å². The van der Waals surface area contributed by atoms with Crippen molar-refractivity contribution in [3.63, 3.8) is 0 Å². The van der Waals surface area contributed by atoms with Crippen LogP contribution in [0.4, 0.5) is 0 Å². The molecule has 0 aliphatic heterocycles. The van der Waals surface area contributed by atoms with Gasteiger partial charge in [-0.25, -0.2) is 0 Å². The maximum Gasteiger partial charge on any atom is 0.137 e. The Hall–Kier alpha value is -2.27. The van der Waals surface area contributed by atoms with E-state index in [9.17, 15) is 5.26 Å². The molecule has 2 heteroatoms. The number of hydrogen-bond acceptors (Lipinski definition) is 2. The summed E-state index contributed by atoms with van der Waals surface area (Å²) in [5.41, 5.74) is 4.32. The zero-order valence-electron chi connectivity index (χ0n) is 18.5. The Labute approximate surface area is 183 Å². The predicted molar refractivity (Wildman–Crippen MR) is 126 cm³/mol. The van der Waals surface area contributed by atoms with Crippen LogP contribution in [0.3, 0.4) is 0 Å². The predicted octanol–water partition coefficient (Wildman–Crippen LogP) is 8.22. The van der Waals surface area contributed by atoms with Gasteiger partial charge in [-0.1, -0.05) is 75.8 Å². The van der Waals surface area contributed by atoms with Gasteiger partial charge in [-0.05, 0) is 73.3 Å². The second-order valence-electron chi connectivity index (χ2n) is 8.55. The molecule has 2 nitrogen and oxygen atoms in total.